The highest BCUT2D eigenvalue weighted by Gasteiger charge is 2.30. The molecule has 0 spiro atoms. The molecule has 0 aromatic carbocycles. The molecule has 1 saturated heterocycles. The minimum atomic E-state index is -0.306. The molecule has 1 fully saturated rings. The third kappa shape index (κ3) is 3.71. The van der Waals surface area contributed by atoms with Gasteiger partial charge in [0.1, 0.15) is 11.9 Å². The number of hydrogen-bond acceptors (Lipinski definition) is 5. The largest absolute Gasteiger partial charge is 0.377 e. The molecule has 0 aliphatic carbocycles. The van der Waals surface area contributed by atoms with Crippen LogP contribution in [0.4, 0.5) is 5.82 Å². The number of anilines is 1. The normalized spacial score (nSPS) is 18.6. The fourth-order valence-electron chi connectivity index (χ4n) is 2.59. The first kappa shape index (κ1) is 15.7. The molecule has 2 rings (SSSR count). The van der Waals surface area contributed by atoms with Crippen LogP contribution in [0.5, 0.6) is 0 Å². The number of nitrogens with one attached hydrogen (secondary N) is 2. The van der Waals surface area contributed by atoms with Gasteiger partial charge in [-0.3, -0.25) is 4.79 Å². The van der Waals surface area contributed by atoms with Gasteiger partial charge in [-0.2, -0.15) is 0 Å². The number of rotatable bonds is 5. The molecule has 0 bridgehead atoms. The Morgan fingerprint density at radius 3 is 3.05 bits per heavy atom. The number of nitrogens with zero attached hydrogens (tertiary/aromatic N) is 2. The maximum absolute atomic E-state index is 12.2. The highest BCUT2D eigenvalue weighted by molar-refractivity contribution is 5.85. The number of carbonyl (C=O) groups is 1. The Bertz CT molecular complexity index is 493. The van der Waals surface area contributed by atoms with Gasteiger partial charge in [-0.1, -0.05) is 0 Å². The molecule has 1 aromatic heterocycles. The van der Waals surface area contributed by atoms with Gasteiger partial charge >= 0.3 is 0 Å². The van der Waals surface area contributed by atoms with E-state index in [9.17, 15) is 4.79 Å². The van der Waals surface area contributed by atoms with E-state index in [4.69, 9.17) is 4.74 Å². The van der Waals surface area contributed by atoms with Crippen LogP contribution in [-0.2, 0) is 16.1 Å². The molecular formula is C15H24N4O2. The molecule has 6 heteroatoms. The van der Waals surface area contributed by atoms with E-state index >= 15 is 0 Å². The molecule has 116 valence electrons. The Morgan fingerprint density at radius 1 is 1.57 bits per heavy atom. The molecule has 21 heavy (non-hydrogen) atoms. The number of morpholine rings is 1. The van der Waals surface area contributed by atoms with Crippen LogP contribution >= 0.6 is 0 Å². The lowest BCUT2D eigenvalue weighted by Gasteiger charge is -2.36. The van der Waals surface area contributed by atoms with Gasteiger partial charge in [0.15, 0.2) is 0 Å². The average Bonchev–Trinajstić information content (AvgIpc) is 2.48. The molecule has 0 saturated carbocycles. The zero-order valence-electron chi connectivity index (χ0n) is 13.0. The van der Waals surface area contributed by atoms with E-state index in [1.165, 1.54) is 0 Å². The first-order valence-electron chi connectivity index (χ1n) is 7.39. The Balaban J connectivity index is 2.22. The summed E-state index contributed by atoms with van der Waals surface area (Å²) >= 11 is 0. The fraction of sp³-hybridized carbons (Fsp3) is 0.600. The third-order valence-corrected chi connectivity index (χ3v) is 3.54. The maximum atomic E-state index is 12.2. The van der Waals surface area contributed by atoms with Crippen molar-refractivity contribution in [3.63, 3.8) is 0 Å². The summed E-state index contributed by atoms with van der Waals surface area (Å²) in [5, 5.41) is 5.98. The fourth-order valence-corrected chi connectivity index (χ4v) is 2.59. The molecule has 1 aliphatic rings. The van der Waals surface area contributed by atoms with Gasteiger partial charge in [0, 0.05) is 25.8 Å². The highest BCUT2D eigenvalue weighted by Crippen LogP contribution is 2.22. The van der Waals surface area contributed by atoms with Crippen LogP contribution in [0.2, 0.25) is 0 Å². The van der Waals surface area contributed by atoms with E-state index < -0.39 is 0 Å². The number of amides is 1. The molecule has 2 N–H and O–H groups in total. The summed E-state index contributed by atoms with van der Waals surface area (Å²) in [4.78, 5) is 18.8. The lowest BCUT2D eigenvalue weighted by Crippen LogP contribution is -2.54. The van der Waals surface area contributed by atoms with E-state index in [1.54, 1.807) is 0 Å². The second-order valence-corrected chi connectivity index (χ2v) is 5.19. The summed E-state index contributed by atoms with van der Waals surface area (Å²) in [6, 6.07) is 1.81. The van der Waals surface area contributed by atoms with Gasteiger partial charge in [0.2, 0.25) is 5.91 Å². The van der Waals surface area contributed by atoms with Crippen molar-refractivity contribution in [3.05, 3.63) is 23.4 Å². The van der Waals surface area contributed by atoms with Crippen molar-refractivity contribution in [1.29, 1.82) is 0 Å². The smallest absolute Gasteiger partial charge is 0.245 e. The Kier molecular flexibility index (Phi) is 5.52. The topological polar surface area (TPSA) is 66.5 Å². The Hall–Kier alpha value is -1.66. The minimum Gasteiger partial charge on any atom is -0.377 e. The Labute approximate surface area is 125 Å². The molecule has 1 atom stereocenters. The third-order valence-electron chi connectivity index (χ3n) is 3.54. The molecule has 6 nitrogen and oxygen atoms in total. The minimum absolute atomic E-state index is 0.00213. The summed E-state index contributed by atoms with van der Waals surface area (Å²) in [7, 11) is 1.91. The van der Waals surface area contributed by atoms with E-state index in [1.807, 2.05) is 32.0 Å². The molecule has 1 aliphatic heterocycles. The van der Waals surface area contributed by atoms with E-state index in [2.05, 4.69) is 21.7 Å². The number of aromatic nitrogens is 1. The summed E-state index contributed by atoms with van der Waals surface area (Å²) in [6.07, 6.45) is 1.86. The average molecular weight is 292 g/mol. The van der Waals surface area contributed by atoms with Crippen molar-refractivity contribution in [2.24, 2.45) is 0 Å². The maximum Gasteiger partial charge on any atom is 0.245 e. The van der Waals surface area contributed by atoms with Gasteiger partial charge in [0.05, 0.1) is 13.2 Å². The quantitative estimate of drug-likeness (QED) is 0.825. The van der Waals surface area contributed by atoms with Crippen LogP contribution < -0.4 is 15.5 Å². The number of hydrogen-bond donors (Lipinski definition) is 2. The van der Waals surface area contributed by atoms with Crippen molar-refractivity contribution >= 4 is 11.7 Å². The van der Waals surface area contributed by atoms with Crippen LogP contribution in [-0.4, -0.2) is 50.3 Å². The van der Waals surface area contributed by atoms with Crippen LogP contribution in [0, 0.1) is 6.92 Å². The van der Waals surface area contributed by atoms with E-state index in [-0.39, 0.29) is 11.9 Å². The lowest BCUT2D eigenvalue weighted by molar-refractivity contribution is -0.124. The monoisotopic (exact) mass is 292 g/mol. The zero-order chi connectivity index (χ0) is 15.2. The molecule has 2 heterocycles. The van der Waals surface area contributed by atoms with Gasteiger partial charge in [-0.05, 0) is 38.1 Å². The first-order chi connectivity index (χ1) is 10.2. The van der Waals surface area contributed by atoms with Gasteiger partial charge in [0.25, 0.3) is 0 Å². The summed E-state index contributed by atoms with van der Waals surface area (Å²) in [5.41, 5.74) is 2.22. The summed E-state index contributed by atoms with van der Waals surface area (Å²) < 4.78 is 5.46. The number of aryl methyl sites for hydroxylation is 1. The van der Waals surface area contributed by atoms with Crippen LogP contribution in [0.1, 0.15) is 18.1 Å². The van der Waals surface area contributed by atoms with Gasteiger partial charge in [-0.25, -0.2) is 4.98 Å². The predicted octanol–water partition coefficient (Wildman–Crippen LogP) is 0.451. The van der Waals surface area contributed by atoms with Crippen molar-refractivity contribution < 1.29 is 9.53 Å². The second-order valence-electron chi connectivity index (χ2n) is 5.19. The molecule has 1 aromatic rings. The zero-order valence-corrected chi connectivity index (χ0v) is 13.0. The molecule has 1 unspecified atom stereocenters. The molecule has 0 radical (unpaired) electrons. The summed E-state index contributed by atoms with van der Waals surface area (Å²) in [6.45, 7) is 7.07. The van der Waals surface area contributed by atoms with Crippen molar-refractivity contribution in [3.8, 4) is 0 Å². The van der Waals surface area contributed by atoms with Crippen LogP contribution in [0.25, 0.3) is 0 Å². The second kappa shape index (κ2) is 7.38. The SMILES string of the molecule is CCNC(=O)C1COCCN1c1ncc(CNC)cc1C. The summed E-state index contributed by atoms with van der Waals surface area (Å²) in [5.74, 6) is 0.868. The van der Waals surface area contributed by atoms with Crippen LogP contribution in [0.15, 0.2) is 12.3 Å². The first-order valence-corrected chi connectivity index (χ1v) is 7.39. The number of likely N-dealkylation sites (N-methyl/N-ethyl adjacent to an activating group) is 1. The Morgan fingerprint density at radius 2 is 2.38 bits per heavy atom. The lowest BCUT2D eigenvalue weighted by atomic mass is 10.1. The van der Waals surface area contributed by atoms with E-state index in [0.717, 1.165) is 23.5 Å². The van der Waals surface area contributed by atoms with Gasteiger partial charge in [-0.15, -0.1) is 0 Å². The van der Waals surface area contributed by atoms with Crippen molar-refractivity contribution in [2.45, 2.75) is 26.4 Å². The van der Waals surface area contributed by atoms with Gasteiger partial charge < -0.3 is 20.3 Å². The van der Waals surface area contributed by atoms with Crippen molar-refractivity contribution in [1.82, 2.24) is 15.6 Å². The number of carbonyl (C=O) groups excluding carboxylic acids is 1. The highest BCUT2D eigenvalue weighted by atomic mass is 16.5. The number of pyridine rings is 1. The van der Waals surface area contributed by atoms with E-state index in [0.29, 0.717) is 26.3 Å². The molecular weight excluding hydrogens is 268 g/mol. The molecule has 1 amide bonds. The standard InChI is InChI=1S/C15H24N4O2/c1-4-17-15(20)13-10-21-6-5-19(13)14-11(2)7-12(8-16-3)9-18-14/h7,9,13,16H,4-6,8,10H2,1-3H3,(H,17,20). The number of ether oxygens (including phenoxy) is 1. The van der Waals surface area contributed by atoms with Crippen LogP contribution in [0.3, 0.4) is 0 Å². The van der Waals surface area contributed by atoms with Crippen molar-refractivity contribution in [2.75, 3.05) is 38.3 Å². The predicted molar refractivity (Wildman–Crippen MR) is 82.4 cm³/mol.